The number of ether oxygens (including phenoxy) is 1. The van der Waals surface area contributed by atoms with E-state index in [1.807, 2.05) is 19.2 Å². The van der Waals surface area contributed by atoms with Gasteiger partial charge in [-0.05, 0) is 48.0 Å². The van der Waals surface area contributed by atoms with Crippen LogP contribution in [0, 0.1) is 11.3 Å². The summed E-state index contributed by atoms with van der Waals surface area (Å²) in [6.45, 7) is 0. The number of fused-ring (bicyclic) bond motifs is 1. The van der Waals surface area contributed by atoms with Crippen LogP contribution in [-0.2, 0) is 0 Å². The van der Waals surface area contributed by atoms with E-state index in [0.29, 0.717) is 6.42 Å². The summed E-state index contributed by atoms with van der Waals surface area (Å²) in [5.41, 5.74) is 1.22. The van der Waals surface area contributed by atoms with Gasteiger partial charge in [-0.25, -0.2) is 0 Å². The summed E-state index contributed by atoms with van der Waals surface area (Å²) < 4.78 is 5.23. The average molecular weight is 254 g/mol. The maximum atomic E-state index is 8.70. The van der Waals surface area contributed by atoms with E-state index in [0.717, 1.165) is 12.2 Å². The number of nitrogens with one attached hydrogen (secondary N) is 1. The number of methoxy groups -OCH3 is 1. The van der Waals surface area contributed by atoms with Crippen LogP contribution in [0.1, 0.15) is 24.4 Å². The molecule has 0 aliphatic heterocycles. The van der Waals surface area contributed by atoms with Gasteiger partial charge < -0.3 is 10.1 Å². The van der Waals surface area contributed by atoms with Crippen molar-refractivity contribution in [2.24, 2.45) is 0 Å². The van der Waals surface area contributed by atoms with Gasteiger partial charge in [0.2, 0.25) is 0 Å². The number of benzene rings is 2. The SMILES string of the molecule is CNC(CCC#N)c1ccc2cc(OC)ccc2c1. The largest absolute Gasteiger partial charge is 0.497 e. The van der Waals surface area contributed by atoms with Gasteiger partial charge in [-0.2, -0.15) is 5.26 Å². The van der Waals surface area contributed by atoms with Gasteiger partial charge in [-0.15, -0.1) is 0 Å². The molecule has 1 atom stereocenters. The summed E-state index contributed by atoms with van der Waals surface area (Å²) >= 11 is 0. The van der Waals surface area contributed by atoms with Crippen LogP contribution in [0.5, 0.6) is 5.75 Å². The third-order valence-electron chi connectivity index (χ3n) is 3.37. The van der Waals surface area contributed by atoms with Crippen LogP contribution in [0.4, 0.5) is 0 Å². The summed E-state index contributed by atoms with van der Waals surface area (Å²) in [5, 5.41) is 14.3. The van der Waals surface area contributed by atoms with Gasteiger partial charge >= 0.3 is 0 Å². The Morgan fingerprint density at radius 2 is 1.95 bits per heavy atom. The molecule has 0 aliphatic rings. The Kier molecular flexibility index (Phi) is 4.38. The fraction of sp³-hybridized carbons (Fsp3) is 0.312. The fourth-order valence-electron chi connectivity index (χ4n) is 2.27. The van der Waals surface area contributed by atoms with E-state index in [2.05, 4.69) is 35.7 Å². The molecular formula is C16H18N2O. The highest BCUT2D eigenvalue weighted by atomic mass is 16.5. The van der Waals surface area contributed by atoms with Crippen LogP contribution in [0.25, 0.3) is 10.8 Å². The molecule has 0 aromatic heterocycles. The van der Waals surface area contributed by atoms with Crippen molar-refractivity contribution >= 4 is 10.8 Å². The quantitative estimate of drug-likeness (QED) is 0.889. The lowest BCUT2D eigenvalue weighted by molar-refractivity contribution is 0.415. The van der Waals surface area contributed by atoms with Crippen LogP contribution >= 0.6 is 0 Å². The van der Waals surface area contributed by atoms with Crippen molar-refractivity contribution in [1.29, 1.82) is 5.26 Å². The molecule has 1 unspecified atom stereocenters. The van der Waals surface area contributed by atoms with Crippen LogP contribution in [0.2, 0.25) is 0 Å². The number of hydrogen-bond acceptors (Lipinski definition) is 3. The van der Waals surface area contributed by atoms with E-state index in [1.54, 1.807) is 7.11 Å². The Bertz CT molecular complexity index is 601. The zero-order chi connectivity index (χ0) is 13.7. The third kappa shape index (κ3) is 3.04. The van der Waals surface area contributed by atoms with Crippen LogP contribution in [0.15, 0.2) is 36.4 Å². The maximum absolute atomic E-state index is 8.70. The molecule has 0 aliphatic carbocycles. The van der Waals surface area contributed by atoms with Crippen molar-refractivity contribution in [3.8, 4) is 11.8 Å². The van der Waals surface area contributed by atoms with Crippen molar-refractivity contribution in [3.05, 3.63) is 42.0 Å². The average Bonchev–Trinajstić information content (AvgIpc) is 2.47. The molecule has 0 radical (unpaired) electrons. The highest BCUT2D eigenvalue weighted by Gasteiger charge is 2.09. The second-order valence-corrected chi connectivity index (χ2v) is 4.51. The standard InChI is InChI=1S/C16H18N2O/c1-18-16(4-3-9-17)14-6-5-13-11-15(19-2)8-7-12(13)10-14/h5-8,10-11,16,18H,3-4H2,1-2H3. The minimum absolute atomic E-state index is 0.228. The molecule has 2 aromatic rings. The maximum Gasteiger partial charge on any atom is 0.119 e. The van der Waals surface area contributed by atoms with E-state index in [4.69, 9.17) is 10.00 Å². The molecule has 0 bridgehead atoms. The van der Waals surface area contributed by atoms with Gasteiger partial charge in [-0.1, -0.05) is 18.2 Å². The van der Waals surface area contributed by atoms with E-state index in [-0.39, 0.29) is 6.04 Å². The molecule has 19 heavy (non-hydrogen) atoms. The van der Waals surface area contributed by atoms with Crippen LogP contribution < -0.4 is 10.1 Å². The Morgan fingerprint density at radius 3 is 2.63 bits per heavy atom. The van der Waals surface area contributed by atoms with E-state index < -0.39 is 0 Å². The molecule has 0 saturated carbocycles. The predicted octanol–water partition coefficient (Wildman–Crippen LogP) is 3.41. The lowest BCUT2D eigenvalue weighted by Crippen LogP contribution is -2.15. The molecule has 0 spiro atoms. The topological polar surface area (TPSA) is 45.0 Å². The number of nitriles is 1. The third-order valence-corrected chi connectivity index (χ3v) is 3.37. The van der Waals surface area contributed by atoms with Crippen molar-refractivity contribution in [2.45, 2.75) is 18.9 Å². The molecule has 3 nitrogen and oxygen atoms in total. The Balaban J connectivity index is 2.32. The Morgan fingerprint density at radius 1 is 1.21 bits per heavy atom. The van der Waals surface area contributed by atoms with Gasteiger partial charge in [0.15, 0.2) is 0 Å². The van der Waals surface area contributed by atoms with Crippen molar-refractivity contribution in [3.63, 3.8) is 0 Å². The van der Waals surface area contributed by atoms with E-state index in [1.165, 1.54) is 16.3 Å². The first-order valence-electron chi connectivity index (χ1n) is 6.40. The molecule has 2 rings (SSSR count). The minimum atomic E-state index is 0.228. The second kappa shape index (κ2) is 6.21. The lowest BCUT2D eigenvalue weighted by atomic mass is 9.99. The number of hydrogen-bond donors (Lipinski definition) is 1. The molecule has 3 heteroatoms. The summed E-state index contributed by atoms with van der Waals surface area (Å²) in [7, 11) is 3.61. The van der Waals surface area contributed by atoms with Crippen molar-refractivity contribution in [1.82, 2.24) is 5.32 Å². The summed E-state index contributed by atoms with van der Waals surface area (Å²) in [6.07, 6.45) is 1.39. The smallest absolute Gasteiger partial charge is 0.119 e. The van der Waals surface area contributed by atoms with E-state index in [9.17, 15) is 0 Å². The minimum Gasteiger partial charge on any atom is -0.497 e. The van der Waals surface area contributed by atoms with Crippen LogP contribution in [0.3, 0.4) is 0 Å². The monoisotopic (exact) mass is 254 g/mol. The van der Waals surface area contributed by atoms with Crippen LogP contribution in [-0.4, -0.2) is 14.2 Å². The molecule has 0 saturated heterocycles. The zero-order valence-electron chi connectivity index (χ0n) is 11.3. The van der Waals surface area contributed by atoms with E-state index >= 15 is 0 Å². The first-order chi connectivity index (χ1) is 9.28. The van der Waals surface area contributed by atoms with Gasteiger partial charge in [0.25, 0.3) is 0 Å². The molecule has 0 fully saturated rings. The highest BCUT2D eigenvalue weighted by Crippen LogP contribution is 2.25. The predicted molar refractivity (Wildman–Crippen MR) is 77.1 cm³/mol. The van der Waals surface area contributed by atoms with Crippen molar-refractivity contribution < 1.29 is 4.74 Å². The first-order valence-corrected chi connectivity index (χ1v) is 6.40. The van der Waals surface area contributed by atoms with Gasteiger partial charge in [0.1, 0.15) is 5.75 Å². The summed E-state index contributed by atoms with van der Waals surface area (Å²) in [5.74, 6) is 0.870. The number of nitrogens with zero attached hydrogens (tertiary/aromatic N) is 1. The highest BCUT2D eigenvalue weighted by molar-refractivity contribution is 5.84. The second-order valence-electron chi connectivity index (χ2n) is 4.51. The fourth-order valence-corrected chi connectivity index (χ4v) is 2.27. The Labute approximate surface area is 113 Å². The first kappa shape index (κ1) is 13.4. The van der Waals surface area contributed by atoms with Gasteiger partial charge in [0, 0.05) is 12.5 Å². The molecule has 2 aromatic carbocycles. The molecular weight excluding hydrogens is 236 g/mol. The molecule has 1 N–H and O–H groups in total. The molecule has 0 amide bonds. The molecule has 0 heterocycles. The normalized spacial score (nSPS) is 12.1. The summed E-state index contributed by atoms with van der Waals surface area (Å²) in [6, 6.07) is 14.9. The Hall–Kier alpha value is -2.05. The van der Waals surface area contributed by atoms with Gasteiger partial charge in [-0.3, -0.25) is 0 Å². The lowest BCUT2D eigenvalue weighted by Gasteiger charge is -2.16. The van der Waals surface area contributed by atoms with Gasteiger partial charge in [0.05, 0.1) is 13.2 Å². The molecule has 98 valence electrons. The van der Waals surface area contributed by atoms with Crippen molar-refractivity contribution in [2.75, 3.05) is 14.2 Å². The summed E-state index contributed by atoms with van der Waals surface area (Å²) in [4.78, 5) is 0. The number of rotatable bonds is 5. The zero-order valence-corrected chi connectivity index (χ0v) is 11.3.